The van der Waals surface area contributed by atoms with Crippen molar-refractivity contribution in [2.45, 2.75) is 63.7 Å². The summed E-state index contributed by atoms with van der Waals surface area (Å²) in [4.78, 5) is 0. The Kier molecular flexibility index (Phi) is 6.50. The first-order valence-corrected chi connectivity index (χ1v) is 7.72. The molecule has 1 saturated carbocycles. The number of hydrogen-bond acceptors (Lipinski definition) is 2. The van der Waals surface area contributed by atoms with E-state index in [4.69, 9.17) is 0 Å². The monoisotopic (exact) mass is 231 g/mol. The molecule has 1 aliphatic carbocycles. The molecule has 2 unspecified atom stereocenters. The fraction of sp³-hybridized carbons (Fsp3) is 1.00. The van der Waals surface area contributed by atoms with E-state index < -0.39 is 10.8 Å². The minimum atomic E-state index is -0.543. The zero-order valence-electron chi connectivity index (χ0n) is 10.1. The Labute approximate surface area is 96.7 Å². The Morgan fingerprint density at radius 2 is 2.07 bits per heavy atom. The summed E-state index contributed by atoms with van der Waals surface area (Å²) in [5, 5.41) is 3.92. The summed E-state index contributed by atoms with van der Waals surface area (Å²) in [6.07, 6.45) is 7.27. The lowest BCUT2D eigenvalue weighted by Gasteiger charge is -2.13. The van der Waals surface area contributed by atoms with Gasteiger partial charge in [0.2, 0.25) is 0 Å². The smallest absolute Gasteiger partial charge is 0.0348 e. The predicted molar refractivity (Wildman–Crippen MR) is 67.6 cm³/mol. The number of hydrogen-bond donors (Lipinski definition) is 1. The van der Waals surface area contributed by atoms with Crippen molar-refractivity contribution in [2.24, 2.45) is 0 Å². The van der Waals surface area contributed by atoms with E-state index in [-0.39, 0.29) is 0 Å². The summed E-state index contributed by atoms with van der Waals surface area (Å²) in [5.41, 5.74) is 0. The molecule has 1 fully saturated rings. The molecule has 0 aromatic heterocycles. The Balaban J connectivity index is 2.06. The molecule has 0 bridgehead atoms. The molecule has 0 amide bonds. The highest BCUT2D eigenvalue weighted by Crippen LogP contribution is 2.23. The van der Waals surface area contributed by atoms with E-state index in [1.165, 1.54) is 25.7 Å². The highest BCUT2D eigenvalue weighted by atomic mass is 32.2. The van der Waals surface area contributed by atoms with Crippen LogP contribution < -0.4 is 5.32 Å². The Bertz CT molecular complexity index is 190. The maximum absolute atomic E-state index is 11.9. The van der Waals surface area contributed by atoms with Gasteiger partial charge >= 0.3 is 0 Å². The quantitative estimate of drug-likeness (QED) is 0.729. The van der Waals surface area contributed by atoms with Crippen molar-refractivity contribution < 1.29 is 4.21 Å². The summed E-state index contributed by atoms with van der Waals surface area (Å²) in [6, 6.07) is 0.579. The van der Waals surface area contributed by atoms with Gasteiger partial charge in [0.1, 0.15) is 0 Å². The fourth-order valence-corrected chi connectivity index (χ4v) is 3.94. The third kappa shape index (κ3) is 5.12. The van der Waals surface area contributed by atoms with Crippen LogP contribution in [0.3, 0.4) is 0 Å². The lowest BCUT2D eigenvalue weighted by Crippen LogP contribution is -2.26. The van der Waals surface area contributed by atoms with Gasteiger partial charge in [-0.25, -0.2) is 0 Å². The molecule has 0 saturated heterocycles. The van der Waals surface area contributed by atoms with Gasteiger partial charge in [-0.1, -0.05) is 19.8 Å². The Morgan fingerprint density at radius 3 is 2.67 bits per heavy atom. The third-order valence-corrected chi connectivity index (χ3v) is 5.12. The second-order valence-electron chi connectivity index (χ2n) is 4.59. The first-order valence-electron chi connectivity index (χ1n) is 6.34. The molecule has 2 atom stereocenters. The van der Waals surface area contributed by atoms with Crippen molar-refractivity contribution in [1.82, 2.24) is 5.32 Å². The van der Waals surface area contributed by atoms with Crippen LogP contribution in [0.25, 0.3) is 0 Å². The van der Waals surface area contributed by atoms with E-state index >= 15 is 0 Å². The highest BCUT2D eigenvalue weighted by Gasteiger charge is 2.20. The fourth-order valence-electron chi connectivity index (χ4n) is 2.30. The van der Waals surface area contributed by atoms with E-state index in [1.807, 2.05) is 0 Å². The van der Waals surface area contributed by atoms with Gasteiger partial charge in [-0.2, -0.15) is 0 Å². The lowest BCUT2D eigenvalue weighted by molar-refractivity contribution is 0.524. The SMILES string of the molecule is CCNC(C)CCCS(=O)C1CCCC1. The van der Waals surface area contributed by atoms with Crippen molar-refractivity contribution in [2.75, 3.05) is 12.3 Å². The van der Waals surface area contributed by atoms with E-state index in [1.54, 1.807) is 0 Å². The third-order valence-electron chi connectivity index (χ3n) is 3.21. The second kappa shape index (κ2) is 7.39. The van der Waals surface area contributed by atoms with Gasteiger partial charge in [-0.3, -0.25) is 4.21 Å². The lowest BCUT2D eigenvalue weighted by atomic mass is 10.2. The Morgan fingerprint density at radius 1 is 1.40 bits per heavy atom. The van der Waals surface area contributed by atoms with Gasteiger partial charge in [0, 0.05) is 27.8 Å². The topological polar surface area (TPSA) is 29.1 Å². The van der Waals surface area contributed by atoms with E-state index in [0.29, 0.717) is 11.3 Å². The van der Waals surface area contributed by atoms with Crippen molar-refractivity contribution in [3.05, 3.63) is 0 Å². The minimum Gasteiger partial charge on any atom is -0.315 e. The summed E-state index contributed by atoms with van der Waals surface area (Å²) in [7, 11) is -0.543. The van der Waals surface area contributed by atoms with E-state index in [9.17, 15) is 4.21 Å². The Hall–Kier alpha value is 0.110. The molecule has 0 aliphatic heterocycles. The van der Waals surface area contributed by atoms with Crippen LogP contribution in [-0.2, 0) is 10.8 Å². The van der Waals surface area contributed by atoms with Crippen molar-refractivity contribution >= 4 is 10.8 Å². The molecular weight excluding hydrogens is 206 g/mol. The van der Waals surface area contributed by atoms with Crippen LogP contribution in [0, 0.1) is 0 Å². The van der Waals surface area contributed by atoms with Crippen LogP contribution in [0.2, 0.25) is 0 Å². The average Bonchev–Trinajstić information content (AvgIpc) is 2.70. The molecule has 90 valence electrons. The summed E-state index contributed by atoms with van der Waals surface area (Å²) in [5.74, 6) is 0.917. The zero-order valence-corrected chi connectivity index (χ0v) is 10.9. The van der Waals surface area contributed by atoms with Crippen molar-refractivity contribution in [3.8, 4) is 0 Å². The molecule has 0 aromatic rings. The molecule has 1 aliphatic rings. The molecule has 0 aromatic carbocycles. The van der Waals surface area contributed by atoms with Gasteiger partial charge in [-0.15, -0.1) is 0 Å². The van der Waals surface area contributed by atoms with Crippen LogP contribution >= 0.6 is 0 Å². The minimum absolute atomic E-state index is 0.527. The second-order valence-corrected chi connectivity index (χ2v) is 6.43. The highest BCUT2D eigenvalue weighted by molar-refractivity contribution is 7.85. The van der Waals surface area contributed by atoms with Crippen LogP contribution in [0.4, 0.5) is 0 Å². The molecular formula is C12H25NOS. The summed E-state index contributed by atoms with van der Waals surface area (Å²) in [6.45, 7) is 5.38. The standard InChI is InChI=1S/C12H25NOS/c1-3-13-11(2)7-6-10-15(14)12-8-4-5-9-12/h11-13H,3-10H2,1-2H3. The van der Waals surface area contributed by atoms with Crippen molar-refractivity contribution in [1.29, 1.82) is 0 Å². The molecule has 0 spiro atoms. The molecule has 0 radical (unpaired) electrons. The van der Waals surface area contributed by atoms with Gasteiger partial charge in [0.25, 0.3) is 0 Å². The van der Waals surface area contributed by atoms with Gasteiger partial charge < -0.3 is 5.32 Å². The maximum Gasteiger partial charge on any atom is 0.0348 e. The molecule has 3 heteroatoms. The molecule has 1 rings (SSSR count). The van der Waals surface area contributed by atoms with E-state index in [0.717, 1.165) is 25.1 Å². The van der Waals surface area contributed by atoms with Crippen LogP contribution in [-0.4, -0.2) is 27.8 Å². The summed E-state index contributed by atoms with van der Waals surface area (Å²) < 4.78 is 11.9. The van der Waals surface area contributed by atoms with Gasteiger partial charge in [-0.05, 0) is 39.2 Å². The molecule has 0 heterocycles. The average molecular weight is 231 g/mol. The summed E-state index contributed by atoms with van der Waals surface area (Å²) >= 11 is 0. The number of rotatable bonds is 7. The van der Waals surface area contributed by atoms with E-state index in [2.05, 4.69) is 19.2 Å². The van der Waals surface area contributed by atoms with Gasteiger partial charge in [0.15, 0.2) is 0 Å². The molecule has 15 heavy (non-hydrogen) atoms. The largest absolute Gasteiger partial charge is 0.315 e. The first-order chi connectivity index (χ1) is 7.24. The maximum atomic E-state index is 11.9. The molecule has 1 N–H and O–H groups in total. The van der Waals surface area contributed by atoms with Crippen LogP contribution in [0.1, 0.15) is 52.4 Å². The number of nitrogens with one attached hydrogen (secondary N) is 1. The van der Waals surface area contributed by atoms with Crippen LogP contribution in [0.5, 0.6) is 0 Å². The van der Waals surface area contributed by atoms with Crippen molar-refractivity contribution in [3.63, 3.8) is 0 Å². The predicted octanol–water partition coefficient (Wildman–Crippen LogP) is 2.46. The van der Waals surface area contributed by atoms with Crippen LogP contribution in [0.15, 0.2) is 0 Å². The first kappa shape index (κ1) is 13.2. The normalized spacial score (nSPS) is 21.7. The molecule has 2 nitrogen and oxygen atoms in total. The zero-order chi connectivity index (χ0) is 11.1. The van der Waals surface area contributed by atoms with Gasteiger partial charge in [0.05, 0.1) is 0 Å².